The molecule has 32 heavy (non-hydrogen) atoms. The molecule has 4 amide bonds. The van der Waals surface area contributed by atoms with Gasteiger partial charge in [-0.05, 0) is 19.8 Å². The molecule has 0 aliphatic rings. The predicted molar refractivity (Wildman–Crippen MR) is 105 cm³/mol. The van der Waals surface area contributed by atoms with Gasteiger partial charge in [0.1, 0.15) is 18.1 Å². The van der Waals surface area contributed by atoms with Crippen LogP contribution in [0.15, 0.2) is 0 Å². The molecule has 4 unspecified atom stereocenters. The SMILES string of the molecule is CC(N)C(=O)NC(CCC(=O)O)C(=O)NC(CC(=O)O)C(=O)NC(CCC(N)=O)C(=O)O. The summed E-state index contributed by atoms with van der Waals surface area (Å²) < 4.78 is 0. The summed E-state index contributed by atoms with van der Waals surface area (Å²) in [6.45, 7) is 1.31. The van der Waals surface area contributed by atoms with Gasteiger partial charge >= 0.3 is 17.9 Å². The van der Waals surface area contributed by atoms with Crippen molar-refractivity contribution >= 4 is 41.5 Å². The summed E-state index contributed by atoms with van der Waals surface area (Å²) in [5.41, 5.74) is 10.3. The summed E-state index contributed by atoms with van der Waals surface area (Å²) in [6, 6.07) is -5.87. The average Bonchev–Trinajstić information content (AvgIpc) is 2.66. The quantitative estimate of drug-likeness (QED) is 0.118. The molecule has 0 saturated carbocycles. The first-order chi connectivity index (χ1) is 14.7. The lowest BCUT2D eigenvalue weighted by Crippen LogP contribution is -2.57. The zero-order chi connectivity index (χ0) is 25.0. The van der Waals surface area contributed by atoms with Crippen LogP contribution in [0, 0.1) is 0 Å². The van der Waals surface area contributed by atoms with Crippen molar-refractivity contribution in [2.45, 2.75) is 63.2 Å². The molecule has 10 N–H and O–H groups in total. The highest BCUT2D eigenvalue weighted by Gasteiger charge is 2.31. The van der Waals surface area contributed by atoms with Crippen molar-refractivity contribution in [1.82, 2.24) is 16.0 Å². The van der Waals surface area contributed by atoms with Gasteiger partial charge in [-0.2, -0.15) is 0 Å². The molecule has 0 aliphatic carbocycles. The first-order valence-electron chi connectivity index (χ1n) is 9.36. The molecule has 15 nitrogen and oxygen atoms in total. The van der Waals surface area contributed by atoms with Crippen LogP contribution in [0.3, 0.4) is 0 Å². The van der Waals surface area contributed by atoms with Crippen molar-refractivity contribution in [2.24, 2.45) is 11.5 Å². The molecule has 0 aromatic carbocycles. The van der Waals surface area contributed by atoms with Gasteiger partial charge in [0, 0.05) is 12.8 Å². The molecule has 0 spiro atoms. The maximum absolute atomic E-state index is 12.5. The first-order valence-corrected chi connectivity index (χ1v) is 9.36. The maximum Gasteiger partial charge on any atom is 0.326 e. The Balaban J connectivity index is 5.49. The highest BCUT2D eigenvalue weighted by molar-refractivity contribution is 5.95. The fourth-order valence-electron chi connectivity index (χ4n) is 2.31. The first kappa shape index (κ1) is 28.2. The molecular formula is C17H27N5O10. The third-order valence-electron chi connectivity index (χ3n) is 4.00. The van der Waals surface area contributed by atoms with Crippen LogP contribution in [0.5, 0.6) is 0 Å². The minimum Gasteiger partial charge on any atom is -0.481 e. The van der Waals surface area contributed by atoms with E-state index in [-0.39, 0.29) is 12.8 Å². The second-order valence-corrected chi connectivity index (χ2v) is 6.85. The number of hydrogen-bond acceptors (Lipinski definition) is 8. The van der Waals surface area contributed by atoms with E-state index in [2.05, 4.69) is 10.6 Å². The molecule has 0 aromatic heterocycles. The van der Waals surface area contributed by atoms with E-state index >= 15 is 0 Å². The molecule has 0 radical (unpaired) electrons. The molecule has 0 heterocycles. The number of carbonyl (C=O) groups excluding carboxylic acids is 4. The van der Waals surface area contributed by atoms with Crippen LogP contribution in [-0.4, -0.2) is 81.0 Å². The van der Waals surface area contributed by atoms with Crippen LogP contribution < -0.4 is 27.4 Å². The molecule has 0 fully saturated rings. The summed E-state index contributed by atoms with van der Waals surface area (Å²) >= 11 is 0. The van der Waals surface area contributed by atoms with Crippen molar-refractivity contribution in [3.8, 4) is 0 Å². The van der Waals surface area contributed by atoms with Gasteiger partial charge in [-0.15, -0.1) is 0 Å². The number of primary amides is 1. The van der Waals surface area contributed by atoms with Gasteiger partial charge in [-0.25, -0.2) is 4.79 Å². The number of carbonyl (C=O) groups is 7. The molecule has 0 rings (SSSR count). The highest BCUT2D eigenvalue weighted by Crippen LogP contribution is 2.04. The van der Waals surface area contributed by atoms with Gasteiger partial charge in [0.2, 0.25) is 23.6 Å². The third kappa shape index (κ3) is 11.4. The van der Waals surface area contributed by atoms with Crippen LogP contribution in [0.25, 0.3) is 0 Å². The number of nitrogens with one attached hydrogen (secondary N) is 3. The average molecular weight is 461 g/mol. The van der Waals surface area contributed by atoms with Gasteiger partial charge in [0.25, 0.3) is 0 Å². The fourth-order valence-corrected chi connectivity index (χ4v) is 2.31. The lowest BCUT2D eigenvalue weighted by molar-refractivity contribution is -0.143. The predicted octanol–water partition coefficient (Wildman–Crippen LogP) is -3.52. The van der Waals surface area contributed by atoms with E-state index in [1.807, 2.05) is 5.32 Å². The smallest absolute Gasteiger partial charge is 0.326 e. The van der Waals surface area contributed by atoms with E-state index in [0.717, 1.165) is 0 Å². The van der Waals surface area contributed by atoms with Crippen LogP contribution >= 0.6 is 0 Å². The van der Waals surface area contributed by atoms with E-state index in [0.29, 0.717) is 0 Å². The summed E-state index contributed by atoms with van der Waals surface area (Å²) in [4.78, 5) is 80.8. The van der Waals surface area contributed by atoms with Gasteiger partial charge in [-0.3, -0.25) is 28.8 Å². The second-order valence-electron chi connectivity index (χ2n) is 6.85. The molecule has 0 saturated heterocycles. The number of rotatable bonds is 15. The van der Waals surface area contributed by atoms with E-state index in [1.165, 1.54) is 6.92 Å². The van der Waals surface area contributed by atoms with Crippen LogP contribution in [-0.2, 0) is 33.6 Å². The van der Waals surface area contributed by atoms with E-state index < -0.39 is 85.0 Å². The highest BCUT2D eigenvalue weighted by atomic mass is 16.4. The normalized spacial score (nSPS) is 14.2. The molecule has 0 aromatic rings. The minimum absolute atomic E-state index is 0.379. The number of carboxylic acids is 3. The monoisotopic (exact) mass is 461 g/mol. The molecule has 4 atom stereocenters. The second kappa shape index (κ2) is 13.5. The van der Waals surface area contributed by atoms with Crippen LogP contribution in [0.2, 0.25) is 0 Å². The zero-order valence-corrected chi connectivity index (χ0v) is 17.2. The Hall–Kier alpha value is -3.75. The van der Waals surface area contributed by atoms with Crippen molar-refractivity contribution in [1.29, 1.82) is 0 Å². The Morgan fingerprint density at radius 1 is 0.719 bits per heavy atom. The topological polar surface area (TPSA) is 268 Å². The summed E-state index contributed by atoms with van der Waals surface area (Å²) in [7, 11) is 0. The minimum atomic E-state index is -1.77. The van der Waals surface area contributed by atoms with Gasteiger partial charge in [0.15, 0.2) is 0 Å². The fraction of sp³-hybridized carbons (Fsp3) is 0.588. The molecular weight excluding hydrogens is 434 g/mol. The maximum atomic E-state index is 12.5. The van der Waals surface area contributed by atoms with Gasteiger partial charge < -0.3 is 42.7 Å². The third-order valence-corrected chi connectivity index (χ3v) is 4.00. The molecule has 0 bridgehead atoms. The largest absolute Gasteiger partial charge is 0.481 e. The van der Waals surface area contributed by atoms with E-state index in [4.69, 9.17) is 26.8 Å². The van der Waals surface area contributed by atoms with Crippen molar-refractivity contribution in [3.05, 3.63) is 0 Å². The molecule has 0 aliphatic heterocycles. The number of amides is 4. The number of carboxylic acid groups (broad SMARTS) is 3. The zero-order valence-electron chi connectivity index (χ0n) is 17.2. The summed E-state index contributed by atoms with van der Waals surface area (Å²) in [5.74, 6) is -8.21. The Morgan fingerprint density at radius 2 is 1.19 bits per heavy atom. The Kier molecular flexibility index (Phi) is 11.9. The van der Waals surface area contributed by atoms with E-state index in [9.17, 15) is 33.6 Å². The Bertz CT molecular complexity index is 754. The van der Waals surface area contributed by atoms with Gasteiger partial charge in [-0.1, -0.05) is 0 Å². The van der Waals surface area contributed by atoms with E-state index in [1.54, 1.807) is 0 Å². The lowest BCUT2D eigenvalue weighted by atomic mass is 10.1. The van der Waals surface area contributed by atoms with Crippen LogP contribution in [0.1, 0.15) is 39.0 Å². The molecule has 180 valence electrons. The summed E-state index contributed by atoms with van der Waals surface area (Å²) in [6.07, 6.45) is -2.64. The number of hydrogen-bond donors (Lipinski definition) is 8. The van der Waals surface area contributed by atoms with Crippen molar-refractivity contribution < 1.29 is 48.9 Å². The Labute approximate surface area is 181 Å². The number of nitrogens with two attached hydrogens (primary N) is 2. The summed E-state index contributed by atoms with van der Waals surface area (Å²) in [5, 5.41) is 33.3. The molecule has 15 heteroatoms. The van der Waals surface area contributed by atoms with Gasteiger partial charge in [0.05, 0.1) is 12.5 Å². The van der Waals surface area contributed by atoms with Crippen molar-refractivity contribution in [2.75, 3.05) is 0 Å². The van der Waals surface area contributed by atoms with Crippen LogP contribution in [0.4, 0.5) is 0 Å². The standard InChI is InChI=1S/C17H27N5O10/c1-7(18)14(28)20-8(3-5-12(24)25)15(29)22-10(6-13(26)27)16(30)21-9(17(31)32)2-4-11(19)23/h7-10H,2-6,18H2,1H3,(H2,19,23)(H,20,28)(H,21,30)(H,22,29)(H,24,25)(H,26,27)(H,31,32). The Morgan fingerprint density at radius 3 is 1.62 bits per heavy atom. The number of aliphatic carboxylic acids is 3. The van der Waals surface area contributed by atoms with Crippen molar-refractivity contribution in [3.63, 3.8) is 0 Å². The lowest BCUT2D eigenvalue weighted by Gasteiger charge is -2.24.